The van der Waals surface area contributed by atoms with Gasteiger partial charge in [0, 0.05) is 22.2 Å². The molecule has 0 aliphatic rings. The normalized spacial score (nSPS) is 11.3. The van der Waals surface area contributed by atoms with E-state index in [1.165, 1.54) is 29.7 Å². The highest BCUT2D eigenvalue weighted by atomic mass is 35.5. The lowest BCUT2D eigenvalue weighted by atomic mass is 10.3. The molecule has 152 valence electrons. The third kappa shape index (κ3) is 6.31. The molecule has 0 saturated heterocycles. The van der Waals surface area contributed by atoms with Crippen molar-refractivity contribution in [2.45, 2.75) is 9.79 Å². The summed E-state index contributed by atoms with van der Waals surface area (Å²) in [6.07, 6.45) is 0. The molecule has 0 atom stereocenters. The van der Waals surface area contributed by atoms with Crippen molar-refractivity contribution >= 4 is 39.3 Å². The van der Waals surface area contributed by atoms with Crippen molar-refractivity contribution in [3.63, 3.8) is 0 Å². The molecule has 0 fully saturated rings. The Hall–Kier alpha value is -1.92. The van der Waals surface area contributed by atoms with Gasteiger partial charge in [-0.15, -0.1) is 11.8 Å². The molecular formula is C16H15ClF2N2O5S2. The van der Waals surface area contributed by atoms with Crippen LogP contribution in [-0.2, 0) is 14.8 Å². The number of nitrogens with one attached hydrogen (secondary N) is 2. The predicted molar refractivity (Wildman–Crippen MR) is 99.1 cm³/mol. The van der Waals surface area contributed by atoms with Crippen LogP contribution in [0.3, 0.4) is 0 Å². The van der Waals surface area contributed by atoms with E-state index in [9.17, 15) is 22.0 Å². The SMILES string of the molecule is O=C(COc1c(F)cc(SCCNS(=O)(=O)c2ccc(Cl)cc2)cc1F)NO. The Kier molecular flexibility index (Phi) is 8.01. The minimum Gasteiger partial charge on any atom is -0.478 e. The van der Waals surface area contributed by atoms with Crippen molar-refractivity contribution in [3.8, 4) is 5.75 Å². The molecule has 0 aliphatic heterocycles. The van der Waals surface area contributed by atoms with Gasteiger partial charge < -0.3 is 4.74 Å². The van der Waals surface area contributed by atoms with E-state index >= 15 is 0 Å². The van der Waals surface area contributed by atoms with Crippen LogP contribution in [0.25, 0.3) is 0 Å². The number of ether oxygens (including phenoxy) is 1. The molecule has 0 aromatic heterocycles. The van der Waals surface area contributed by atoms with Crippen LogP contribution in [0.5, 0.6) is 5.75 Å². The first-order valence-electron chi connectivity index (χ1n) is 7.66. The molecule has 0 saturated carbocycles. The summed E-state index contributed by atoms with van der Waals surface area (Å²) in [5.74, 6) is -3.58. The molecule has 2 rings (SSSR count). The molecule has 0 heterocycles. The van der Waals surface area contributed by atoms with Gasteiger partial charge in [0.2, 0.25) is 10.0 Å². The first-order chi connectivity index (χ1) is 13.2. The number of thioether (sulfide) groups is 1. The second kappa shape index (κ2) is 10.0. The van der Waals surface area contributed by atoms with Gasteiger partial charge in [0.25, 0.3) is 5.91 Å². The number of amides is 1. The summed E-state index contributed by atoms with van der Waals surface area (Å²) in [7, 11) is -3.72. The Bertz CT molecular complexity index is 920. The number of rotatable bonds is 9. The zero-order valence-corrected chi connectivity index (χ0v) is 16.5. The Labute approximate surface area is 169 Å². The molecule has 2 aromatic rings. The van der Waals surface area contributed by atoms with E-state index in [4.69, 9.17) is 16.8 Å². The highest BCUT2D eigenvalue weighted by Gasteiger charge is 2.16. The Balaban J connectivity index is 1.90. The van der Waals surface area contributed by atoms with Crippen molar-refractivity contribution in [3.05, 3.63) is 53.1 Å². The van der Waals surface area contributed by atoms with E-state index in [1.54, 1.807) is 0 Å². The van der Waals surface area contributed by atoms with E-state index in [1.807, 2.05) is 0 Å². The molecule has 0 radical (unpaired) electrons. The van der Waals surface area contributed by atoms with Crippen molar-refractivity contribution < 1.29 is 31.9 Å². The highest BCUT2D eigenvalue weighted by molar-refractivity contribution is 7.99. The number of carbonyl (C=O) groups is 1. The standard InChI is InChI=1S/C16H15ClF2N2O5S2/c17-10-1-3-12(4-2-10)28(24,25)20-5-6-27-11-7-13(18)16(14(19)8-11)26-9-15(22)21-23/h1-4,7-8,20,23H,5-6,9H2,(H,21,22). The molecule has 7 nitrogen and oxygen atoms in total. The Morgan fingerprint density at radius 1 is 1.18 bits per heavy atom. The van der Waals surface area contributed by atoms with E-state index < -0.39 is 39.9 Å². The average Bonchev–Trinajstić information content (AvgIpc) is 2.64. The second-order valence-electron chi connectivity index (χ2n) is 5.24. The Morgan fingerprint density at radius 2 is 1.79 bits per heavy atom. The largest absolute Gasteiger partial charge is 0.478 e. The van der Waals surface area contributed by atoms with Gasteiger partial charge in [-0.1, -0.05) is 11.6 Å². The van der Waals surface area contributed by atoms with Crippen molar-refractivity contribution in [2.75, 3.05) is 18.9 Å². The van der Waals surface area contributed by atoms with Crippen LogP contribution in [-0.4, -0.2) is 38.4 Å². The molecule has 0 spiro atoms. The minimum absolute atomic E-state index is 0.0216. The molecular weight excluding hydrogens is 438 g/mol. The van der Waals surface area contributed by atoms with E-state index in [0.29, 0.717) is 5.02 Å². The molecule has 2 aromatic carbocycles. The monoisotopic (exact) mass is 452 g/mol. The third-order valence-electron chi connectivity index (χ3n) is 3.23. The molecule has 3 N–H and O–H groups in total. The lowest BCUT2D eigenvalue weighted by molar-refractivity contribution is -0.131. The highest BCUT2D eigenvalue weighted by Crippen LogP contribution is 2.28. The maximum absolute atomic E-state index is 13.9. The van der Waals surface area contributed by atoms with Crippen LogP contribution < -0.4 is 14.9 Å². The lowest BCUT2D eigenvalue weighted by Gasteiger charge is -2.10. The van der Waals surface area contributed by atoms with Gasteiger partial charge in [0.1, 0.15) is 0 Å². The van der Waals surface area contributed by atoms with E-state index in [2.05, 4.69) is 9.46 Å². The number of halogens is 3. The van der Waals surface area contributed by atoms with Gasteiger partial charge in [-0.05, 0) is 36.4 Å². The fourth-order valence-electron chi connectivity index (χ4n) is 1.97. The van der Waals surface area contributed by atoms with Crippen LogP contribution in [0.15, 0.2) is 46.2 Å². The predicted octanol–water partition coefficient (Wildman–Crippen LogP) is 2.57. The van der Waals surface area contributed by atoms with Crippen LogP contribution in [0.2, 0.25) is 5.02 Å². The maximum Gasteiger partial charge on any atom is 0.281 e. The van der Waals surface area contributed by atoms with Gasteiger partial charge in [0.15, 0.2) is 24.0 Å². The summed E-state index contributed by atoms with van der Waals surface area (Å²) in [6, 6.07) is 7.60. The number of carbonyl (C=O) groups excluding carboxylic acids is 1. The summed E-state index contributed by atoms with van der Waals surface area (Å²) < 4.78 is 59.1. The van der Waals surface area contributed by atoms with Crippen LogP contribution in [0, 0.1) is 11.6 Å². The molecule has 1 amide bonds. The first kappa shape index (κ1) is 22.4. The molecule has 28 heavy (non-hydrogen) atoms. The van der Waals surface area contributed by atoms with Gasteiger partial charge >= 0.3 is 0 Å². The third-order valence-corrected chi connectivity index (χ3v) is 5.94. The molecule has 0 unspecified atom stereocenters. The number of benzene rings is 2. The molecule has 12 heteroatoms. The van der Waals surface area contributed by atoms with Gasteiger partial charge in [-0.2, -0.15) is 0 Å². The second-order valence-corrected chi connectivity index (χ2v) is 8.61. The van der Waals surface area contributed by atoms with Crippen molar-refractivity contribution in [1.29, 1.82) is 0 Å². The summed E-state index contributed by atoms with van der Waals surface area (Å²) >= 11 is 6.74. The number of hydrogen-bond acceptors (Lipinski definition) is 6. The lowest BCUT2D eigenvalue weighted by Crippen LogP contribution is -2.26. The van der Waals surface area contributed by atoms with Gasteiger partial charge in [-0.25, -0.2) is 27.4 Å². The van der Waals surface area contributed by atoms with Crippen LogP contribution in [0.4, 0.5) is 8.78 Å². The van der Waals surface area contributed by atoms with Crippen molar-refractivity contribution in [2.24, 2.45) is 0 Å². The summed E-state index contributed by atoms with van der Waals surface area (Å²) in [4.78, 5) is 11.1. The quantitative estimate of drug-likeness (QED) is 0.234. The zero-order chi connectivity index (χ0) is 20.7. The summed E-state index contributed by atoms with van der Waals surface area (Å²) in [6.45, 7) is -0.739. The topological polar surface area (TPSA) is 105 Å². The fourth-order valence-corrected chi connectivity index (χ4v) is 4.07. The number of sulfonamides is 1. The van der Waals surface area contributed by atoms with E-state index in [0.717, 1.165) is 23.9 Å². The number of hydrogen-bond donors (Lipinski definition) is 3. The summed E-state index contributed by atoms with van der Waals surface area (Å²) in [5.41, 5.74) is 1.27. The minimum atomic E-state index is -3.72. The van der Waals surface area contributed by atoms with Gasteiger partial charge in [0.05, 0.1) is 4.90 Å². The Morgan fingerprint density at radius 3 is 2.36 bits per heavy atom. The first-order valence-corrected chi connectivity index (χ1v) is 10.5. The maximum atomic E-state index is 13.9. The van der Waals surface area contributed by atoms with Crippen LogP contribution >= 0.6 is 23.4 Å². The van der Waals surface area contributed by atoms with Gasteiger partial charge in [-0.3, -0.25) is 10.0 Å². The van der Waals surface area contributed by atoms with E-state index in [-0.39, 0.29) is 22.1 Å². The fraction of sp³-hybridized carbons (Fsp3) is 0.188. The average molecular weight is 453 g/mol. The summed E-state index contributed by atoms with van der Waals surface area (Å²) in [5, 5.41) is 8.74. The zero-order valence-electron chi connectivity index (χ0n) is 14.1. The van der Waals surface area contributed by atoms with Crippen LogP contribution in [0.1, 0.15) is 0 Å². The smallest absolute Gasteiger partial charge is 0.281 e. The van der Waals surface area contributed by atoms with Crippen molar-refractivity contribution in [1.82, 2.24) is 10.2 Å². The molecule has 0 bridgehead atoms. The number of hydroxylamine groups is 1. The molecule has 0 aliphatic carbocycles.